The molecule has 0 aromatic carbocycles. The summed E-state index contributed by atoms with van der Waals surface area (Å²) >= 11 is 0. The van der Waals surface area contributed by atoms with Crippen LogP contribution in [0.3, 0.4) is 0 Å². The SMILES string of the molecule is CC(O)C(O)C1CCCC1N. The third kappa shape index (κ3) is 1.92. The highest BCUT2D eigenvalue weighted by Crippen LogP contribution is 2.28. The summed E-state index contributed by atoms with van der Waals surface area (Å²) in [6.07, 6.45) is 1.73. The molecular weight excluding hydrogens is 142 g/mol. The number of nitrogens with two attached hydrogens (primary N) is 1. The molecule has 4 N–H and O–H groups in total. The minimum Gasteiger partial charge on any atom is -0.391 e. The van der Waals surface area contributed by atoms with Gasteiger partial charge in [0.05, 0.1) is 12.2 Å². The normalized spacial score (nSPS) is 37.1. The second kappa shape index (κ2) is 3.52. The molecular formula is C8H17NO2. The van der Waals surface area contributed by atoms with Gasteiger partial charge in [0.2, 0.25) is 0 Å². The Hall–Kier alpha value is -0.120. The third-order valence-electron chi connectivity index (χ3n) is 2.56. The van der Waals surface area contributed by atoms with E-state index in [1.165, 1.54) is 0 Å². The quantitative estimate of drug-likeness (QED) is 0.525. The zero-order valence-corrected chi connectivity index (χ0v) is 6.90. The summed E-state index contributed by atoms with van der Waals surface area (Å²) in [6.45, 7) is 1.61. The van der Waals surface area contributed by atoms with Gasteiger partial charge in [0.15, 0.2) is 0 Å². The Morgan fingerprint density at radius 2 is 2.00 bits per heavy atom. The zero-order chi connectivity index (χ0) is 8.43. The Morgan fingerprint density at radius 1 is 1.36 bits per heavy atom. The van der Waals surface area contributed by atoms with Crippen molar-refractivity contribution in [1.29, 1.82) is 0 Å². The van der Waals surface area contributed by atoms with Gasteiger partial charge in [-0.2, -0.15) is 0 Å². The fraction of sp³-hybridized carbons (Fsp3) is 1.00. The standard InChI is InChI=1S/C8H17NO2/c1-5(10)8(11)6-3-2-4-7(6)9/h5-8,10-11H,2-4,9H2,1H3. The molecule has 1 fully saturated rings. The smallest absolute Gasteiger partial charge is 0.0839 e. The van der Waals surface area contributed by atoms with E-state index >= 15 is 0 Å². The molecule has 0 saturated heterocycles. The zero-order valence-electron chi connectivity index (χ0n) is 6.90. The van der Waals surface area contributed by atoms with Crippen molar-refractivity contribution in [3.8, 4) is 0 Å². The van der Waals surface area contributed by atoms with E-state index in [0.717, 1.165) is 19.3 Å². The molecule has 4 unspecified atom stereocenters. The first-order valence-corrected chi connectivity index (χ1v) is 4.24. The average Bonchev–Trinajstić information content (AvgIpc) is 2.33. The van der Waals surface area contributed by atoms with Crippen molar-refractivity contribution in [2.45, 2.75) is 44.4 Å². The van der Waals surface area contributed by atoms with Gasteiger partial charge in [0, 0.05) is 12.0 Å². The lowest BCUT2D eigenvalue weighted by Gasteiger charge is -2.23. The molecule has 0 aliphatic heterocycles. The predicted molar refractivity (Wildman–Crippen MR) is 43.0 cm³/mol. The van der Waals surface area contributed by atoms with Crippen molar-refractivity contribution in [3.63, 3.8) is 0 Å². The highest BCUT2D eigenvalue weighted by molar-refractivity contribution is 4.86. The molecule has 3 nitrogen and oxygen atoms in total. The molecule has 0 bridgehead atoms. The van der Waals surface area contributed by atoms with Crippen LogP contribution in [-0.4, -0.2) is 28.5 Å². The van der Waals surface area contributed by atoms with Crippen LogP contribution in [0.4, 0.5) is 0 Å². The van der Waals surface area contributed by atoms with Crippen molar-refractivity contribution >= 4 is 0 Å². The van der Waals surface area contributed by atoms with Crippen molar-refractivity contribution < 1.29 is 10.2 Å². The van der Waals surface area contributed by atoms with Crippen LogP contribution in [0.1, 0.15) is 26.2 Å². The first-order chi connectivity index (χ1) is 5.13. The molecule has 0 aromatic rings. The van der Waals surface area contributed by atoms with E-state index in [1.807, 2.05) is 0 Å². The first kappa shape index (κ1) is 8.97. The summed E-state index contributed by atoms with van der Waals surface area (Å²) in [6, 6.07) is 0.0830. The largest absolute Gasteiger partial charge is 0.391 e. The maximum atomic E-state index is 9.47. The molecule has 66 valence electrons. The van der Waals surface area contributed by atoms with Crippen LogP contribution < -0.4 is 5.73 Å². The molecule has 1 aliphatic carbocycles. The van der Waals surface area contributed by atoms with Crippen molar-refractivity contribution in [1.82, 2.24) is 0 Å². The molecule has 11 heavy (non-hydrogen) atoms. The van der Waals surface area contributed by atoms with Gasteiger partial charge < -0.3 is 15.9 Å². The summed E-state index contributed by atoms with van der Waals surface area (Å²) in [5.74, 6) is 0.106. The van der Waals surface area contributed by atoms with Gasteiger partial charge in [-0.3, -0.25) is 0 Å². The van der Waals surface area contributed by atoms with Gasteiger partial charge in [-0.15, -0.1) is 0 Å². The lowest BCUT2D eigenvalue weighted by molar-refractivity contribution is -0.00931. The highest BCUT2D eigenvalue weighted by Gasteiger charge is 2.32. The van der Waals surface area contributed by atoms with Crippen molar-refractivity contribution in [2.24, 2.45) is 11.7 Å². The van der Waals surface area contributed by atoms with Gasteiger partial charge in [0.25, 0.3) is 0 Å². The van der Waals surface area contributed by atoms with Crippen LogP contribution >= 0.6 is 0 Å². The Balaban J connectivity index is 2.45. The van der Waals surface area contributed by atoms with Crippen LogP contribution in [0.15, 0.2) is 0 Å². The van der Waals surface area contributed by atoms with E-state index in [-0.39, 0.29) is 12.0 Å². The van der Waals surface area contributed by atoms with E-state index in [9.17, 15) is 5.11 Å². The Labute approximate surface area is 67.2 Å². The van der Waals surface area contributed by atoms with E-state index in [2.05, 4.69) is 0 Å². The van der Waals surface area contributed by atoms with Crippen LogP contribution in [0.2, 0.25) is 0 Å². The van der Waals surface area contributed by atoms with Crippen LogP contribution in [-0.2, 0) is 0 Å². The van der Waals surface area contributed by atoms with Crippen molar-refractivity contribution in [3.05, 3.63) is 0 Å². The summed E-state index contributed by atoms with van der Waals surface area (Å²) < 4.78 is 0. The summed E-state index contributed by atoms with van der Waals surface area (Å²) in [4.78, 5) is 0. The van der Waals surface area contributed by atoms with Crippen molar-refractivity contribution in [2.75, 3.05) is 0 Å². The number of rotatable bonds is 2. The first-order valence-electron chi connectivity index (χ1n) is 4.24. The molecule has 3 heteroatoms. The predicted octanol–water partition coefficient (Wildman–Crippen LogP) is -0.144. The molecule has 1 saturated carbocycles. The van der Waals surface area contributed by atoms with Crippen LogP contribution in [0.5, 0.6) is 0 Å². The summed E-state index contributed by atoms with van der Waals surface area (Å²) in [5.41, 5.74) is 5.75. The van der Waals surface area contributed by atoms with Gasteiger partial charge >= 0.3 is 0 Å². The lowest BCUT2D eigenvalue weighted by atomic mass is 9.94. The summed E-state index contributed by atoms with van der Waals surface area (Å²) in [5, 5.41) is 18.6. The number of hydrogen-bond donors (Lipinski definition) is 3. The Kier molecular flexibility index (Phi) is 2.87. The Morgan fingerprint density at radius 3 is 2.36 bits per heavy atom. The molecule has 0 spiro atoms. The van der Waals surface area contributed by atoms with Crippen LogP contribution in [0.25, 0.3) is 0 Å². The third-order valence-corrected chi connectivity index (χ3v) is 2.56. The molecule has 0 amide bonds. The number of aliphatic hydroxyl groups excluding tert-OH is 2. The van der Waals surface area contributed by atoms with E-state index in [1.54, 1.807) is 6.92 Å². The monoisotopic (exact) mass is 159 g/mol. The minimum atomic E-state index is -0.649. The van der Waals surface area contributed by atoms with Gasteiger partial charge in [-0.25, -0.2) is 0 Å². The maximum absolute atomic E-state index is 9.47. The van der Waals surface area contributed by atoms with E-state index < -0.39 is 12.2 Å². The lowest BCUT2D eigenvalue weighted by Crippen LogP contribution is -2.39. The van der Waals surface area contributed by atoms with Gasteiger partial charge in [-0.1, -0.05) is 6.42 Å². The van der Waals surface area contributed by atoms with Gasteiger partial charge in [-0.05, 0) is 19.8 Å². The second-order valence-electron chi connectivity index (χ2n) is 3.49. The summed E-state index contributed by atoms with van der Waals surface area (Å²) in [7, 11) is 0. The number of hydrogen-bond acceptors (Lipinski definition) is 3. The molecule has 4 atom stereocenters. The second-order valence-corrected chi connectivity index (χ2v) is 3.49. The average molecular weight is 159 g/mol. The minimum absolute atomic E-state index is 0.0830. The molecule has 1 aliphatic rings. The molecule has 0 heterocycles. The molecule has 0 aromatic heterocycles. The molecule has 0 radical (unpaired) electrons. The van der Waals surface area contributed by atoms with E-state index in [0.29, 0.717) is 0 Å². The fourth-order valence-electron chi connectivity index (χ4n) is 1.80. The van der Waals surface area contributed by atoms with Gasteiger partial charge in [0.1, 0.15) is 0 Å². The number of aliphatic hydroxyl groups is 2. The Bertz CT molecular complexity index is 127. The van der Waals surface area contributed by atoms with Crippen LogP contribution in [0, 0.1) is 5.92 Å². The fourth-order valence-corrected chi connectivity index (χ4v) is 1.80. The molecule has 1 rings (SSSR count). The maximum Gasteiger partial charge on any atom is 0.0839 e. The van der Waals surface area contributed by atoms with E-state index in [4.69, 9.17) is 10.8 Å². The topological polar surface area (TPSA) is 66.5 Å². The highest BCUT2D eigenvalue weighted by atomic mass is 16.3.